The lowest BCUT2D eigenvalue weighted by atomic mass is 9.72. The van der Waals surface area contributed by atoms with Gasteiger partial charge in [-0.1, -0.05) is 302 Å². The van der Waals surface area contributed by atoms with E-state index in [0.717, 1.165) is 37.0 Å². The average Bonchev–Trinajstić information content (AvgIpc) is 3.39. The summed E-state index contributed by atoms with van der Waals surface area (Å²) in [4.78, 5) is 29.9. The summed E-state index contributed by atoms with van der Waals surface area (Å²) in [5.74, 6) is 1.56. The number of ether oxygens (including phenoxy) is 2. The van der Waals surface area contributed by atoms with Gasteiger partial charge in [-0.25, -0.2) is 0 Å². The first-order valence-electron chi connectivity index (χ1n) is 31.1. The highest BCUT2D eigenvalue weighted by molar-refractivity contribution is 5.78. The van der Waals surface area contributed by atoms with Gasteiger partial charge in [-0.3, -0.25) is 9.59 Å². The van der Waals surface area contributed by atoms with Crippen molar-refractivity contribution in [2.45, 2.75) is 267 Å². The van der Waals surface area contributed by atoms with Crippen LogP contribution >= 0.6 is 0 Å². The second-order valence-corrected chi connectivity index (χ2v) is 24.4. The van der Waals surface area contributed by atoms with Crippen LogP contribution in [0.1, 0.15) is 265 Å². The van der Waals surface area contributed by atoms with Crippen molar-refractivity contribution < 1.29 is 19.1 Å². The maximum absolute atomic E-state index is 13.5. The molecule has 6 nitrogen and oxygen atoms in total. The largest absolute Gasteiger partial charge is 0.491 e. The Balaban J connectivity index is 0.000000585. The Hall–Kier alpha value is -3.64. The summed E-state index contributed by atoms with van der Waals surface area (Å²) in [6.45, 7) is 23.7. The third-order valence-corrected chi connectivity index (χ3v) is 15.1. The molecule has 0 radical (unpaired) electrons. The van der Waals surface area contributed by atoms with Crippen molar-refractivity contribution in [2.75, 3.05) is 33.4 Å². The normalized spacial score (nSPS) is 12.5. The summed E-state index contributed by atoms with van der Waals surface area (Å²) < 4.78 is 11.9. The number of carbonyl (C=O) groups excluding carboxylic acids is 2. The molecule has 2 unspecified atom stereocenters. The van der Waals surface area contributed by atoms with Crippen molar-refractivity contribution in [2.24, 2.45) is 17.3 Å². The minimum absolute atomic E-state index is 0.0334. The molecule has 75 heavy (non-hydrogen) atoms. The molecule has 0 aliphatic rings. The molecule has 0 aliphatic carbocycles. The van der Waals surface area contributed by atoms with Crippen molar-refractivity contribution in [3.8, 4) is 5.75 Å². The van der Waals surface area contributed by atoms with E-state index >= 15 is 0 Å². The third kappa shape index (κ3) is 34.7. The smallest absolute Gasteiger partial charge is 0.225 e. The van der Waals surface area contributed by atoms with Crippen molar-refractivity contribution in [1.29, 1.82) is 0 Å². The average molecular weight is 1040 g/mol. The van der Waals surface area contributed by atoms with E-state index in [0.29, 0.717) is 39.5 Å². The minimum Gasteiger partial charge on any atom is -0.491 e. The van der Waals surface area contributed by atoms with Crippen molar-refractivity contribution >= 4 is 11.8 Å². The number of carbonyl (C=O) groups is 2. The molecule has 0 N–H and O–H groups in total. The molecule has 3 aromatic rings. The van der Waals surface area contributed by atoms with Gasteiger partial charge in [-0.15, -0.1) is 0 Å². The maximum atomic E-state index is 13.5. The fourth-order valence-electron chi connectivity index (χ4n) is 10.8. The molecule has 0 bridgehead atoms. The van der Waals surface area contributed by atoms with E-state index in [9.17, 15) is 9.59 Å². The molecular formula is C69H116N2O4. The highest BCUT2D eigenvalue weighted by atomic mass is 16.5. The van der Waals surface area contributed by atoms with Crippen LogP contribution in [0.5, 0.6) is 5.75 Å². The lowest BCUT2D eigenvalue weighted by Gasteiger charge is -2.33. The van der Waals surface area contributed by atoms with Gasteiger partial charge in [0.25, 0.3) is 0 Å². The van der Waals surface area contributed by atoms with Crippen LogP contribution in [0.25, 0.3) is 0 Å². The summed E-state index contributed by atoms with van der Waals surface area (Å²) in [6.07, 6.45) is 38.5. The topological polar surface area (TPSA) is 59.1 Å². The number of hydrogen-bond acceptors (Lipinski definition) is 4. The lowest BCUT2D eigenvalue weighted by Crippen LogP contribution is -2.37. The molecule has 0 saturated heterocycles. The molecule has 2 atom stereocenters. The molecule has 0 aromatic heterocycles. The molecule has 0 fully saturated rings. The van der Waals surface area contributed by atoms with E-state index < -0.39 is 0 Å². The molecule has 426 valence electrons. The molecule has 6 heteroatoms. The Morgan fingerprint density at radius 3 is 1.27 bits per heavy atom. The van der Waals surface area contributed by atoms with Gasteiger partial charge in [-0.2, -0.15) is 0 Å². The van der Waals surface area contributed by atoms with Gasteiger partial charge in [0.1, 0.15) is 12.4 Å². The predicted octanol–water partition coefficient (Wildman–Crippen LogP) is 19.7. The van der Waals surface area contributed by atoms with Gasteiger partial charge < -0.3 is 19.3 Å². The Morgan fingerprint density at radius 2 is 0.853 bits per heavy atom. The van der Waals surface area contributed by atoms with E-state index in [1.54, 1.807) is 0 Å². The van der Waals surface area contributed by atoms with Gasteiger partial charge in [0, 0.05) is 38.5 Å². The Bertz CT molecular complexity index is 1790. The van der Waals surface area contributed by atoms with Crippen LogP contribution in [-0.2, 0) is 32.8 Å². The monoisotopic (exact) mass is 1040 g/mol. The fourth-order valence-corrected chi connectivity index (χ4v) is 10.8. The zero-order chi connectivity index (χ0) is 54.8. The predicted molar refractivity (Wildman–Crippen MR) is 324 cm³/mol. The Labute approximate surface area is 463 Å². The zero-order valence-electron chi connectivity index (χ0n) is 50.5. The Morgan fingerprint density at radius 1 is 0.467 bits per heavy atom. The van der Waals surface area contributed by atoms with Crippen LogP contribution in [0.2, 0.25) is 0 Å². The molecule has 0 aliphatic heterocycles. The summed E-state index contributed by atoms with van der Waals surface area (Å²) in [7, 11) is 1.93. The first-order valence-corrected chi connectivity index (χ1v) is 31.1. The van der Waals surface area contributed by atoms with Gasteiger partial charge in [0.05, 0.1) is 13.2 Å². The summed E-state index contributed by atoms with van der Waals surface area (Å²) in [6, 6.07) is 29.1. The van der Waals surface area contributed by atoms with E-state index in [1.807, 2.05) is 53.2 Å². The number of hydrogen-bond donors (Lipinski definition) is 0. The maximum Gasteiger partial charge on any atom is 0.225 e. The first kappa shape index (κ1) is 67.5. The Kier molecular flexibility index (Phi) is 38.1. The second-order valence-electron chi connectivity index (χ2n) is 24.4. The van der Waals surface area contributed by atoms with Gasteiger partial charge in [0.15, 0.2) is 0 Å². The van der Waals surface area contributed by atoms with Crippen molar-refractivity contribution in [3.63, 3.8) is 0 Å². The summed E-state index contributed by atoms with van der Waals surface area (Å²) >= 11 is 0. The number of unbranched alkanes of at least 4 members (excludes halogenated alkanes) is 24. The van der Waals surface area contributed by atoms with Crippen LogP contribution in [0, 0.1) is 17.3 Å². The number of benzene rings is 3. The summed E-state index contributed by atoms with van der Waals surface area (Å²) in [5.41, 5.74) is 4.09. The third-order valence-electron chi connectivity index (χ3n) is 15.1. The number of nitrogens with zero attached hydrogens (tertiary/aromatic N) is 2. The zero-order valence-corrected chi connectivity index (χ0v) is 50.5. The van der Waals surface area contributed by atoms with Gasteiger partial charge in [-0.05, 0) is 58.9 Å². The van der Waals surface area contributed by atoms with Crippen molar-refractivity contribution in [1.82, 2.24) is 9.80 Å². The van der Waals surface area contributed by atoms with E-state index in [1.165, 1.54) is 172 Å². The minimum atomic E-state index is 0.0334. The van der Waals surface area contributed by atoms with Crippen LogP contribution in [-0.4, -0.2) is 55.0 Å². The quantitative estimate of drug-likeness (QED) is 0.0530. The van der Waals surface area contributed by atoms with E-state index in [-0.39, 0.29) is 34.5 Å². The van der Waals surface area contributed by atoms with Gasteiger partial charge >= 0.3 is 0 Å². The number of rotatable bonds is 43. The lowest BCUT2D eigenvalue weighted by molar-refractivity contribution is -0.137. The highest BCUT2D eigenvalue weighted by Crippen LogP contribution is 2.36. The molecule has 0 heterocycles. The second kappa shape index (κ2) is 42.4. The fraction of sp³-hybridized carbons (Fsp3) is 0.710. The molecule has 2 amide bonds. The standard InChI is InChI=1S/C43H71NO3.C26H45NO/c1-8-9-10-11-12-13-14-15-16-17-18-19-21-24-37(2)41(45)44(35-38-25-22-20-23-26-38)31-32-46-33-34-47-40-29-27-39(28-30-40)43(6,7)36-42(3,4)5;1-4-5-6-7-8-9-10-11-12-13-14-15-17-20-24(2)26(28)27(3)23-25-21-18-16-19-22-25/h20,22-23,25-30,37H,8-19,21,24,31-36H2,1-7H3;16,18-19,21-22,24H,4-15,17,20,23H2,1-3H3. The van der Waals surface area contributed by atoms with Crippen LogP contribution in [0.15, 0.2) is 84.9 Å². The molecule has 3 rings (SSSR count). The summed E-state index contributed by atoms with van der Waals surface area (Å²) in [5, 5.41) is 0. The van der Waals surface area contributed by atoms with E-state index in [4.69, 9.17) is 9.47 Å². The highest BCUT2D eigenvalue weighted by Gasteiger charge is 2.27. The molecular weight excluding hydrogens is 921 g/mol. The molecule has 0 spiro atoms. The van der Waals surface area contributed by atoms with Gasteiger partial charge in [0.2, 0.25) is 11.8 Å². The first-order chi connectivity index (χ1) is 36.2. The van der Waals surface area contributed by atoms with Crippen molar-refractivity contribution in [3.05, 3.63) is 102 Å². The molecule has 0 saturated carbocycles. The van der Waals surface area contributed by atoms with Crippen LogP contribution in [0.4, 0.5) is 0 Å². The SMILES string of the molecule is CCCCCCCCCCCCCCCC(C)C(=O)N(C)Cc1ccccc1.CCCCCCCCCCCCCCCC(C)C(=O)N(CCOCCOc1ccc(C(C)(C)CC(C)(C)C)cc1)Cc1ccccc1. The van der Waals surface area contributed by atoms with E-state index in [2.05, 4.69) is 111 Å². The molecule has 3 aromatic carbocycles. The van der Waals surface area contributed by atoms with Crippen LogP contribution < -0.4 is 4.74 Å². The number of amides is 2. The van der Waals surface area contributed by atoms with Crippen LogP contribution in [0.3, 0.4) is 0 Å².